The molecule has 1 N–H and O–H groups in total. The molecule has 2 rings (SSSR count). The van der Waals surface area contributed by atoms with Crippen LogP contribution in [0.3, 0.4) is 0 Å². The van der Waals surface area contributed by atoms with Crippen molar-refractivity contribution in [2.24, 2.45) is 0 Å². The number of aromatic nitrogens is 1. The number of benzene rings is 1. The Bertz CT molecular complexity index is 588. The summed E-state index contributed by atoms with van der Waals surface area (Å²) >= 11 is 1.69. The van der Waals surface area contributed by atoms with Gasteiger partial charge in [0.15, 0.2) is 0 Å². The van der Waals surface area contributed by atoms with Crippen molar-refractivity contribution in [1.82, 2.24) is 15.2 Å². The summed E-state index contributed by atoms with van der Waals surface area (Å²) in [5.41, 5.74) is 0.885. The number of nitrogens with one attached hydrogen (secondary N) is 1. The first-order valence-electron chi connectivity index (χ1n) is 7.23. The lowest BCUT2D eigenvalue weighted by molar-refractivity contribution is -0.123. The number of hydrogen-bond donors (Lipinski definition) is 1. The Morgan fingerprint density at radius 1 is 1.38 bits per heavy atom. The first-order chi connectivity index (χ1) is 9.89. The fourth-order valence-electron chi connectivity index (χ4n) is 2.02. The molecular formula is C16H23N3OS. The third-order valence-corrected chi connectivity index (χ3v) is 4.54. The average Bonchev–Trinajstić information content (AvgIpc) is 2.79. The number of likely N-dealkylation sites (N-methyl/N-ethyl adjacent to an activating group) is 1. The van der Waals surface area contributed by atoms with Crippen LogP contribution < -0.4 is 5.32 Å². The number of nitrogens with zero attached hydrogens (tertiary/aromatic N) is 2. The predicted octanol–water partition coefficient (Wildman–Crippen LogP) is 3.03. The number of para-hydroxylation sites is 1. The zero-order valence-electron chi connectivity index (χ0n) is 13.1. The van der Waals surface area contributed by atoms with Crippen LogP contribution in [0.15, 0.2) is 24.3 Å². The molecule has 0 fully saturated rings. The van der Waals surface area contributed by atoms with Gasteiger partial charge in [0.05, 0.1) is 23.3 Å². The van der Waals surface area contributed by atoms with Gasteiger partial charge in [-0.15, -0.1) is 11.3 Å². The van der Waals surface area contributed by atoms with Crippen LogP contribution in [0.1, 0.15) is 32.2 Å². The van der Waals surface area contributed by atoms with Gasteiger partial charge >= 0.3 is 0 Å². The molecule has 1 aromatic heterocycles. The zero-order chi connectivity index (χ0) is 15.5. The maximum absolute atomic E-state index is 12.0. The molecule has 1 aromatic carbocycles. The fraction of sp³-hybridized carbons (Fsp3) is 0.500. The molecule has 2 aromatic rings. The number of thiazole rings is 1. The van der Waals surface area contributed by atoms with E-state index in [1.807, 2.05) is 44.0 Å². The van der Waals surface area contributed by atoms with E-state index in [9.17, 15) is 4.79 Å². The van der Waals surface area contributed by atoms with Gasteiger partial charge < -0.3 is 5.32 Å². The molecule has 0 saturated heterocycles. The van der Waals surface area contributed by atoms with Crippen LogP contribution in [0.2, 0.25) is 0 Å². The molecule has 0 saturated carbocycles. The van der Waals surface area contributed by atoms with E-state index in [0.717, 1.165) is 16.9 Å². The maximum Gasteiger partial charge on any atom is 0.234 e. The largest absolute Gasteiger partial charge is 0.350 e. The van der Waals surface area contributed by atoms with E-state index in [1.165, 1.54) is 4.70 Å². The molecule has 4 nitrogen and oxygen atoms in total. The first-order valence-corrected chi connectivity index (χ1v) is 8.05. The Balaban J connectivity index is 1.92. The summed E-state index contributed by atoms with van der Waals surface area (Å²) in [6, 6.07) is 8.11. The molecule has 114 valence electrons. The van der Waals surface area contributed by atoms with E-state index >= 15 is 0 Å². The van der Waals surface area contributed by atoms with Crippen molar-refractivity contribution in [1.29, 1.82) is 0 Å². The molecule has 0 aliphatic carbocycles. The van der Waals surface area contributed by atoms with Crippen molar-refractivity contribution in [3.8, 4) is 0 Å². The van der Waals surface area contributed by atoms with Crippen LogP contribution in [0.5, 0.6) is 0 Å². The van der Waals surface area contributed by atoms with Crippen LogP contribution >= 0.6 is 11.3 Å². The Labute approximate surface area is 130 Å². The van der Waals surface area contributed by atoms with Crippen LogP contribution in [0.25, 0.3) is 10.2 Å². The van der Waals surface area contributed by atoms with E-state index in [2.05, 4.69) is 23.3 Å². The van der Waals surface area contributed by atoms with Gasteiger partial charge in [-0.3, -0.25) is 9.69 Å². The summed E-state index contributed by atoms with van der Waals surface area (Å²) in [6.07, 6.45) is 0.917. The lowest BCUT2D eigenvalue weighted by atomic mass is 10.0. The molecule has 0 bridgehead atoms. The van der Waals surface area contributed by atoms with Gasteiger partial charge in [-0.2, -0.15) is 0 Å². The van der Waals surface area contributed by atoms with Crippen molar-refractivity contribution in [2.75, 3.05) is 13.6 Å². The van der Waals surface area contributed by atoms with Gasteiger partial charge in [0.1, 0.15) is 5.01 Å². The Hall–Kier alpha value is -1.46. The van der Waals surface area contributed by atoms with Crippen LogP contribution in [0, 0.1) is 0 Å². The summed E-state index contributed by atoms with van der Waals surface area (Å²) < 4.78 is 1.19. The third kappa shape index (κ3) is 4.51. The fourth-order valence-corrected chi connectivity index (χ4v) is 3.07. The highest BCUT2D eigenvalue weighted by Crippen LogP contribution is 2.22. The SMILES string of the molecule is CCC(C)(C)NC(=O)CN(C)Cc1nc2ccccc2s1. The first kappa shape index (κ1) is 15.9. The van der Waals surface area contributed by atoms with Crippen LogP contribution in [0.4, 0.5) is 0 Å². The zero-order valence-corrected chi connectivity index (χ0v) is 14.0. The second-order valence-electron chi connectivity index (χ2n) is 6.03. The highest BCUT2D eigenvalue weighted by Gasteiger charge is 2.18. The van der Waals surface area contributed by atoms with Crippen molar-refractivity contribution < 1.29 is 4.79 Å². The minimum atomic E-state index is -0.145. The summed E-state index contributed by atoms with van der Waals surface area (Å²) in [6.45, 7) is 7.24. The lowest BCUT2D eigenvalue weighted by Gasteiger charge is -2.26. The quantitative estimate of drug-likeness (QED) is 0.892. The van der Waals surface area contributed by atoms with Crippen molar-refractivity contribution in [2.45, 2.75) is 39.3 Å². The molecule has 5 heteroatoms. The molecule has 0 radical (unpaired) electrons. The van der Waals surface area contributed by atoms with Crippen molar-refractivity contribution in [3.63, 3.8) is 0 Å². The van der Waals surface area contributed by atoms with E-state index in [4.69, 9.17) is 0 Å². The van der Waals surface area contributed by atoms with E-state index in [0.29, 0.717) is 13.1 Å². The molecular weight excluding hydrogens is 282 g/mol. The smallest absolute Gasteiger partial charge is 0.234 e. The standard InChI is InChI=1S/C16H23N3OS/c1-5-16(2,3)18-14(20)10-19(4)11-15-17-12-8-6-7-9-13(12)21-15/h6-9H,5,10-11H2,1-4H3,(H,18,20). The molecule has 1 heterocycles. The van der Waals surface area contributed by atoms with Crippen molar-refractivity contribution >= 4 is 27.5 Å². The Kier molecular flexibility index (Phi) is 4.96. The van der Waals surface area contributed by atoms with E-state index in [1.54, 1.807) is 11.3 Å². The molecule has 0 spiro atoms. The van der Waals surface area contributed by atoms with Crippen LogP contribution in [-0.4, -0.2) is 34.9 Å². The van der Waals surface area contributed by atoms with Gasteiger partial charge in [-0.25, -0.2) is 4.98 Å². The Morgan fingerprint density at radius 2 is 2.10 bits per heavy atom. The summed E-state index contributed by atoms with van der Waals surface area (Å²) in [5, 5.41) is 4.09. The summed E-state index contributed by atoms with van der Waals surface area (Å²) in [7, 11) is 1.95. The normalized spacial score (nSPS) is 12.0. The highest BCUT2D eigenvalue weighted by atomic mass is 32.1. The van der Waals surface area contributed by atoms with Crippen LogP contribution in [-0.2, 0) is 11.3 Å². The molecule has 1 amide bonds. The second kappa shape index (κ2) is 6.54. The molecule has 21 heavy (non-hydrogen) atoms. The predicted molar refractivity (Wildman–Crippen MR) is 88.5 cm³/mol. The van der Waals surface area contributed by atoms with Gasteiger partial charge in [-0.05, 0) is 39.4 Å². The number of rotatable bonds is 6. The van der Waals surface area contributed by atoms with Gasteiger partial charge in [0.2, 0.25) is 5.91 Å². The summed E-state index contributed by atoms with van der Waals surface area (Å²) in [4.78, 5) is 18.6. The lowest BCUT2D eigenvalue weighted by Crippen LogP contribution is -2.46. The number of amides is 1. The van der Waals surface area contributed by atoms with Crippen molar-refractivity contribution in [3.05, 3.63) is 29.3 Å². The number of carbonyl (C=O) groups excluding carboxylic acids is 1. The summed E-state index contributed by atoms with van der Waals surface area (Å²) in [5.74, 6) is 0.0606. The van der Waals surface area contributed by atoms with E-state index in [-0.39, 0.29) is 11.4 Å². The van der Waals surface area contributed by atoms with E-state index < -0.39 is 0 Å². The maximum atomic E-state index is 12.0. The molecule has 0 aliphatic heterocycles. The topological polar surface area (TPSA) is 45.2 Å². The van der Waals surface area contributed by atoms with Gasteiger partial charge in [0.25, 0.3) is 0 Å². The molecule has 0 aliphatic rings. The third-order valence-electron chi connectivity index (χ3n) is 3.52. The minimum absolute atomic E-state index is 0.0606. The molecule has 0 atom stereocenters. The van der Waals surface area contributed by atoms with Gasteiger partial charge in [-0.1, -0.05) is 19.1 Å². The number of carbonyl (C=O) groups is 1. The second-order valence-corrected chi connectivity index (χ2v) is 7.15. The number of fused-ring (bicyclic) bond motifs is 1. The number of hydrogen-bond acceptors (Lipinski definition) is 4. The monoisotopic (exact) mass is 305 g/mol. The minimum Gasteiger partial charge on any atom is -0.350 e. The average molecular weight is 305 g/mol. The Morgan fingerprint density at radius 3 is 2.76 bits per heavy atom. The van der Waals surface area contributed by atoms with Gasteiger partial charge in [0, 0.05) is 5.54 Å². The molecule has 0 unspecified atom stereocenters. The highest BCUT2D eigenvalue weighted by molar-refractivity contribution is 7.18.